The Morgan fingerprint density at radius 2 is 1.93 bits per heavy atom. The maximum atomic E-state index is 8.86. The van der Waals surface area contributed by atoms with E-state index in [4.69, 9.17) is 5.26 Å². The maximum absolute atomic E-state index is 8.86. The van der Waals surface area contributed by atoms with Gasteiger partial charge in [-0.2, -0.15) is 0 Å². The van der Waals surface area contributed by atoms with Crippen LogP contribution in [-0.2, 0) is 4.89 Å². The zero-order valence-electron chi connectivity index (χ0n) is 9.83. The smallest absolute Gasteiger partial charge is 0.156 e. The highest BCUT2D eigenvalue weighted by molar-refractivity contribution is 5.09. The standard InChI is InChI=1S/C13H22O2/c1-3-11(2)9-10-13(15-14)12-7-5-4-6-8-12/h11-14H,3-8H2,1-2H3. The summed E-state index contributed by atoms with van der Waals surface area (Å²) in [5.41, 5.74) is 0. The van der Waals surface area contributed by atoms with Crippen molar-refractivity contribution in [2.45, 2.75) is 58.5 Å². The Hall–Kier alpha value is -0.520. The minimum Gasteiger partial charge on any atom is -0.251 e. The molecule has 2 heteroatoms. The molecular weight excluding hydrogens is 188 g/mol. The average Bonchev–Trinajstić information content (AvgIpc) is 2.31. The molecule has 15 heavy (non-hydrogen) atoms. The van der Waals surface area contributed by atoms with Crippen molar-refractivity contribution in [2.24, 2.45) is 11.8 Å². The first-order valence-electron chi connectivity index (χ1n) is 6.09. The maximum Gasteiger partial charge on any atom is 0.156 e. The Bertz CT molecular complexity index is 220. The topological polar surface area (TPSA) is 29.5 Å². The Labute approximate surface area is 92.9 Å². The van der Waals surface area contributed by atoms with Crippen LogP contribution in [0, 0.1) is 23.7 Å². The van der Waals surface area contributed by atoms with E-state index in [9.17, 15) is 0 Å². The Morgan fingerprint density at radius 1 is 1.27 bits per heavy atom. The molecule has 0 amide bonds. The third kappa shape index (κ3) is 4.24. The fourth-order valence-electron chi connectivity index (χ4n) is 1.99. The van der Waals surface area contributed by atoms with Gasteiger partial charge in [-0.15, -0.1) is 0 Å². The van der Waals surface area contributed by atoms with Crippen LogP contribution in [0.3, 0.4) is 0 Å². The second-order valence-electron chi connectivity index (χ2n) is 4.52. The average molecular weight is 210 g/mol. The summed E-state index contributed by atoms with van der Waals surface area (Å²) in [5, 5.41) is 8.86. The number of rotatable bonds is 3. The van der Waals surface area contributed by atoms with Crippen LogP contribution in [0.4, 0.5) is 0 Å². The van der Waals surface area contributed by atoms with Gasteiger partial charge in [0.1, 0.15) is 0 Å². The van der Waals surface area contributed by atoms with Gasteiger partial charge in [-0.1, -0.05) is 45.0 Å². The van der Waals surface area contributed by atoms with Gasteiger partial charge in [0, 0.05) is 5.92 Å². The summed E-state index contributed by atoms with van der Waals surface area (Å²) in [4.78, 5) is 4.51. The van der Waals surface area contributed by atoms with Crippen molar-refractivity contribution in [2.75, 3.05) is 0 Å². The van der Waals surface area contributed by atoms with Gasteiger partial charge in [-0.25, -0.2) is 4.89 Å². The first kappa shape index (κ1) is 12.5. The second kappa shape index (κ2) is 6.87. The lowest BCUT2D eigenvalue weighted by Crippen LogP contribution is -2.23. The van der Waals surface area contributed by atoms with E-state index in [1.54, 1.807) is 0 Å². The molecule has 0 aliphatic heterocycles. The van der Waals surface area contributed by atoms with Gasteiger partial charge in [0.2, 0.25) is 0 Å². The molecule has 1 N–H and O–H groups in total. The lowest BCUT2D eigenvalue weighted by Gasteiger charge is -2.24. The molecule has 0 aromatic rings. The second-order valence-corrected chi connectivity index (χ2v) is 4.52. The molecular formula is C13H22O2. The molecule has 1 rings (SSSR count). The summed E-state index contributed by atoms with van der Waals surface area (Å²) < 4.78 is 0. The van der Waals surface area contributed by atoms with Crippen molar-refractivity contribution in [3.8, 4) is 11.8 Å². The molecule has 2 nitrogen and oxygen atoms in total. The summed E-state index contributed by atoms with van der Waals surface area (Å²) in [7, 11) is 0. The van der Waals surface area contributed by atoms with Crippen LogP contribution in [0.15, 0.2) is 0 Å². The van der Waals surface area contributed by atoms with E-state index < -0.39 is 0 Å². The van der Waals surface area contributed by atoms with Crippen molar-refractivity contribution in [3.63, 3.8) is 0 Å². The minimum atomic E-state index is -0.265. The first-order chi connectivity index (χ1) is 7.27. The van der Waals surface area contributed by atoms with Crippen LogP contribution in [0.5, 0.6) is 0 Å². The molecule has 0 bridgehead atoms. The van der Waals surface area contributed by atoms with Gasteiger partial charge in [0.15, 0.2) is 6.10 Å². The molecule has 2 unspecified atom stereocenters. The predicted molar refractivity (Wildman–Crippen MR) is 61.3 cm³/mol. The van der Waals surface area contributed by atoms with E-state index >= 15 is 0 Å². The summed E-state index contributed by atoms with van der Waals surface area (Å²) in [5.74, 6) is 7.04. The largest absolute Gasteiger partial charge is 0.251 e. The van der Waals surface area contributed by atoms with E-state index in [1.165, 1.54) is 19.3 Å². The van der Waals surface area contributed by atoms with Crippen molar-refractivity contribution in [3.05, 3.63) is 0 Å². The third-order valence-electron chi connectivity index (χ3n) is 3.28. The van der Waals surface area contributed by atoms with Crippen molar-refractivity contribution < 1.29 is 10.1 Å². The molecule has 1 aliphatic carbocycles. The molecule has 0 radical (unpaired) electrons. The van der Waals surface area contributed by atoms with Crippen molar-refractivity contribution >= 4 is 0 Å². The minimum absolute atomic E-state index is 0.265. The zero-order chi connectivity index (χ0) is 11.1. The van der Waals surface area contributed by atoms with Crippen LogP contribution in [0.25, 0.3) is 0 Å². The third-order valence-corrected chi connectivity index (χ3v) is 3.28. The van der Waals surface area contributed by atoms with Crippen molar-refractivity contribution in [1.82, 2.24) is 0 Å². The number of hydrogen-bond acceptors (Lipinski definition) is 2. The molecule has 1 fully saturated rings. The lowest BCUT2D eigenvalue weighted by atomic mass is 9.85. The van der Waals surface area contributed by atoms with Gasteiger partial charge in [0.25, 0.3) is 0 Å². The molecule has 1 aliphatic rings. The molecule has 0 aromatic carbocycles. The van der Waals surface area contributed by atoms with E-state index in [0.717, 1.165) is 19.3 Å². The highest BCUT2D eigenvalue weighted by atomic mass is 17.1. The number of hydrogen-bond donors (Lipinski definition) is 1. The summed E-state index contributed by atoms with van der Waals surface area (Å²) in [6, 6.07) is 0. The highest BCUT2D eigenvalue weighted by Gasteiger charge is 2.22. The summed E-state index contributed by atoms with van der Waals surface area (Å²) >= 11 is 0. The quantitative estimate of drug-likeness (QED) is 0.439. The SMILES string of the molecule is CCC(C)C#CC(OO)C1CCCCC1. The van der Waals surface area contributed by atoms with Gasteiger partial charge in [0.05, 0.1) is 0 Å². The molecule has 0 spiro atoms. The molecule has 2 atom stereocenters. The molecule has 1 saturated carbocycles. The Balaban J connectivity index is 2.48. The van der Waals surface area contributed by atoms with Crippen LogP contribution >= 0.6 is 0 Å². The molecule has 86 valence electrons. The highest BCUT2D eigenvalue weighted by Crippen LogP contribution is 2.27. The molecule has 0 saturated heterocycles. The Morgan fingerprint density at radius 3 is 2.47 bits per heavy atom. The summed E-state index contributed by atoms with van der Waals surface area (Å²) in [6.45, 7) is 4.22. The van der Waals surface area contributed by atoms with E-state index in [0.29, 0.717) is 11.8 Å². The fraction of sp³-hybridized carbons (Fsp3) is 0.846. The van der Waals surface area contributed by atoms with E-state index in [2.05, 4.69) is 30.6 Å². The Kier molecular flexibility index (Phi) is 5.75. The van der Waals surface area contributed by atoms with E-state index in [-0.39, 0.29) is 6.10 Å². The van der Waals surface area contributed by atoms with Crippen LogP contribution < -0.4 is 0 Å². The molecule has 0 heterocycles. The van der Waals surface area contributed by atoms with Gasteiger partial charge in [-0.3, -0.25) is 5.26 Å². The predicted octanol–water partition coefficient (Wildman–Crippen LogP) is 3.47. The van der Waals surface area contributed by atoms with E-state index in [1.807, 2.05) is 0 Å². The molecule has 0 aromatic heterocycles. The van der Waals surface area contributed by atoms with Crippen LogP contribution in [-0.4, -0.2) is 11.4 Å². The van der Waals surface area contributed by atoms with Gasteiger partial charge >= 0.3 is 0 Å². The first-order valence-corrected chi connectivity index (χ1v) is 6.09. The van der Waals surface area contributed by atoms with Crippen LogP contribution in [0.2, 0.25) is 0 Å². The fourth-order valence-corrected chi connectivity index (χ4v) is 1.99. The monoisotopic (exact) mass is 210 g/mol. The summed E-state index contributed by atoms with van der Waals surface area (Å²) in [6.07, 6.45) is 6.87. The van der Waals surface area contributed by atoms with Crippen molar-refractivity contribution in [1.29, 1.82) is 0 Å². The normalized spacial score (nSPS) is 21.5. The van der Waals surface area contributed by atoms with Crippen LogP contribution in [0.1, 0.15) is 52.4 Å². The van der Waals surface area contributed by atoms with Gasteiger partial charge in [-0.05, 0) is 25.2 Å². The lowest BCUT2D eigenvalue weighted by molar-refractivity contribution is -0.275. The zero-order valence-corrected chi connectivity index (χ0v) is 9.83. The van der Waals surface area contributed by atoms with Gasteiger partial charge < -0.3 is 0 Å².